The fraction of sp³-hybridized carbons (Fsp3) is 0.467. The number of thioether (sulfide) groups is 1. The van der Waals surface area contributed by atoms with Crippen LogP contribution in [-0.4, -0.2) is 29.3 Å². The Hall–Kier alpha value is -1.20. The fourth-order valence-corrected chi connectivity index (χ4v) is 2.66. The van der Waals surface area contributed by atoms with Crippen molar-refractivity contribution in [1.29, 1.82) is 0 Å². The van der Waals surface area contributed by atoms with E-state index in [1.54, 1.807) is 12.1 Å². The van der Waals surface area contributed by atoms with E-state index in [9.17, 15) is 9.59 Å². The first-order valence-corrected chi connectivity index (χ1v) is 8.12. The van der Waals surface area contributed by atoms with Crippen LogP contribution < -0.4 is 5.32 Å². The second-order valence-electron chi connectivity index (χ2n) is 5.21. The Morgan fingerprint density at radius 1 is 1.29 bits per heavy atom. The van der Waals surface area contributed by atoms with Crippen LogP contribution in [0.1, 0.15) is 20.3 Å². The number of carboxylic acid groups (broad SMARTS) is 1. The highest BCUT2D eigenvalue weighted by Gasteiger charge is 2.19. The zero-order valence-electron chi connectivity index (χ0n) is 12.1. The van der Waals surface area contributed by atoms with Gasteiger partial charge in [-0.2, -0.15) is 0 Å². The molecule has 1 aromatic rings. The molecule has 0 aromatic heterocycles. The summed E-state index contributed by atoms with van der Waals surface area (Å²) in [6.07, 6.45) is 0.555. The van der Waals surface area contributed by atoms with Crippen LogP contribution in [0.3, 0.4) is 0 Å². The van der Waals surface area contributed by atoms with Crippen molar-refractivity contribution in [2.75, 3.05) is 12.3 Å². The molecule has 0 saturated heterocycles. The van der Waals surface area contributed by atoms with Gasteiger partial charge >= 0.3 is 5.97 Å². The summed E-state index contributed by atoms with van der Waals surface area (Å²) in [7, 11) is 0. The molecule has 6 heteroatoms. The molecule has 1 atom stereocenters. The van der Waals surface area contributed by atoms with Crippen LogP contribution in [-0.2, 0) is 9.59 Å². The number of benzene rings is 1. The summed E-state index contributed by atoms with van der Waals surface area (Å²) in [5, 5.41) is 12.4. The van der Waals surface area contributed by atoms with Crippen molar-refractivity contribution in [2.45, 2.75) is 25.2 Å². The monoisotopic (exact) mass is 329 g/mol. The molecular formula is C15H20ClNO3S. The van der Waals surface area contributed by atoms with Gasteiger partial charge < -0.3 is 10.4 Å². The summed E-state index contributed by atoms with van der Waals surface area (Å²) in [4.78, 5) is 23.8. The van der Waals surface area contributed by atoms with E-state index < -0.39 is 11.9 Å². The maximum atomic E-state index is 11.7. The third-order valence-electron chi connectivity index (χ3n) is 2.83. The summed E-state index contributed by atoms with van der Waals surface area (Å²) in [6, 6.07) is 7.23. The van der Waals surface area contributed by atoms with Crippen LogP contribution in [0.25, 0.3) is 0 Å². The first-order valence-electron chi connectivity index (χ1n) is 6.76. The summed E-state index contributed by atoms with van der Waals surface area (Å²) >= 11 is 7.18. The van der Waals surface area contributed by atoms with Crippen LogP contribution in [0, 0.1) is 11.8 Å². The van der Waals surface area contributed by atoms with E-state index in [0.29, 0.717) is 11.4 Å². The van der Waals surface area contributed by atoms with E-state index in [2.05, 4.69) is 5.32 Å². The lowest BCUT2D eigenvalue weighted by molar-refractivity contribution is -0.142. The topological polar surface area (TPSA) is 66.4 Å². The third-order valence-corrected chi connectivity index (χ3v) is 4.10. The minimum atomic E-state index is -0.866. The van der Waals surface area contributed by atoms with E-state index in [1.807, 2.05) is 26.0 Å². The molecule has 1 rings (SSSR count). The molecule has 116 valence electrons. The second-order valence-corrected chi connectivity index (χ2v) is 6.70. The van der Waals surface area contributed by atoms with Gasteiger partial charge in [0.25, 0.3) is 0 Å². The number of aliphatic carboxylic acids is 1. The number of carbonyl (C=O) groups is 2. The van der Waals surface area contributed by atoms with Crippen molar-refractivity contribution in [3.63, 3.8) is 0 Å². The molecule has 0 heterocycles. The van der Waals surface area contributed by atoms with Gasteiger partial charge in [0.05, 0.1) is 11.7 Å². The van der Waals surface area contributed by atoms with Crippen LogP contribution in [0.4, 0.5) is 0 Å². The second kappa shape index (κ2) is 8.95. The Morgan fingerprint density at radius 2 is 1.90 bits per heavy atom. The Bertz CT molecular complexity index is 476. The zero-order chi connectivity index (χ0) is 15.8. The number of carbonyl (C=O) groups excluding carboxylic acids is 1. The third kappa shape index (κ3) is 7.39. The van der Waals surface area contributed by atoms with Gasteiger partial charge in [0.15, 0.2) is 0 Å². The molecule has 0 fully saturated rings. The van der Waals surface area contributed by atoms with Gasteiger partial charge in [-0.05, 0) is 36.6 Å². The molecule has 4 nitrogen and oxygen atoms in total. The highest BCUT2D eigenvalue weighted by atomic mass is 35.5. The van der Waals surface area contributed by atoms with Crippen LogP contribution >= 0.6 is 23.4 Å². The van der Waals surface area contributed by atoms with Gasteiger partial charge in [-0.25, -0.2) is 0 Å². The average molecular weight is 330 g/mol. The number of hydrogen-bond donors (Lipinski definition) is 2. The van der Waals surface area contributed by atoms with E-state index in [0.717, 1.165) is 4.90 Å². The molecule has 0 saturated carbocycles. The van der Waals surface area contributed by atoms with Crippen molar-refractivity contribution >= 4 is 35.2 Å². The maximum absolute atomic E-state index is 11.7. The van der Waals surface area contributed by atoms with Crippen LogP contribution in [0.2, 0.25) is 5.02 Å². The van der Waals surface area contributed by atoms with Gasteiger partial charge in [-0.1, -0.05) is 25.4 Å². The fourth-order valence-electron chi connectivity index (χ4n) is 1.81. The minimum absolute atomic E-state index is 0.162. The van der Waals surface area contributed by atoms with E-state index in [4.69, 9.17) is 16.7 Å². The number of halogens is 1. The summed E-state index contributed by atoms with van der Waals surface area (Å²) in [5.41, 5.74) is 0. The number of rotatable bonds is 8. The summed E-state index contributed by atoms with van der Waals surface area (Å²) < 4.78 is 0. The first kappa shape index (κ1) is 17.9. The molecule has 0 radical (unpaired) electrons. The highest BCUT2D eigenvalue weighted by molar-refractivity contribution is 8.00. The smallest absolute Gasteiger partial charge is 0.308 e. The molecular weight excluding hydrogens is 310 g/mol. The maximum Gasteiger partial charge on any atom is 0.308 e. The van der Waals surface area contributed by atoms with E-state index in [-0.39, 0.29) is 24.1 Å². The Morgan fingerprint density at radius 3 is 2.43 bits per heavy atom. The van der Waals surface area contributed by atoms with Gasteiger partial charge in [0, 0.05) is 16.5 Å². The quantitative estimate of drug-likeness (QED) is 0.718. The van der Waals surface area contributed by atoms with Gasteiger partial charge in [-0.15, -0.1) is 11.8 Å². The predicted molar refractivity (Wildman–Crippen MR) is 85.8 cm³/mol. The van der Waals surface area contributed by atoms with E-state index >= 15 is 0 Å². The van der Waals surface area contributed by atoms with E-state index in [1.165, 1.54) is 11.8 Å². The van der Waals surface area contributed by atoms with Gasteiger partial charge in [-0.3, -0.25) is 9.59 Å². The summed E-state index contributed by atoms with van der Waals surface area (Å²) in [6.45, 7) is 4.11. The molecule has 1 amide bonds. The molecule has 0 aliphatic carbocycles. The molecule has 1 unspecified atom stereocenters. The largest absolute Gasteiger partial charge is 0.481 e. The lowest BCUT2D eigenvalue weighted by Gasteiger charge is -2.15. The number of nitrogens with one attached hydrogen (secondary N) is 1. The molecule has 0 aliphatic rings. The van der Waals surface area contributed by atoms with Crippen molar-refractivity contribution < 1.29 is 14.7 Å². The number of hydrogen-bond acceptors (Lipinski definition) is 3. The van der Waals surface area contributed by atoms with Gasteiger partial charge in [0.2, 0.25) is 5.91 Å². The SMILES string of the molecule is CC(C)CC(CNC(=O)CSc1ccc(Cl)cc1)C(=O)O. The molecule has 0 bridgehead atoms. The van der Waals surface area contributed by atoms with Gasteiger partial charge in [0.1, 0.15) is 0 Å². The molecule has 21 heavy (non-hydrogen) atoms. The Balaban J connectivity index is 2.35. The van der Waals surface area contributed by atoms with Crippen molar-refractivity contribution in [2.24, 2.45) is 11.8 Å². The number of carboxylic acids is 1. The Kier molecular flexibility index (Phi) is 7.61. The highest BCUT2D eigenvalue weighted by Crippen LogP contribution is 2.20. The van der Waals surface area contributed by atoms with Crippen molar-refractivity contribution in [3.05, 3.63) is 29.3 Å². The molecule has 0 spiro atoms. The van der Waals surface area contributed by atoms with Crippen LogP contribution in [0.15, 0.2) is 29.2 Å². The Labute approximate surface area is 134 Å². The average Bonchev–Trinajstić information content (AvgIpc) is 2.42. The van der Waals surface area contributed by atoms with Crippen LogP contribution in [0.5, 0.6) is 0 Å². The molecule has 2 N–H and O–H groups in total. The predicted octanol–water partition coefficient (Wildman–Crippen LogP) is 3.30. The molecule has 0 aliphatic heterocycles. The normalized spacial score (nSPS) is 12.2. The first-order chi connectivity index (χ1) is 9.88. The standard InChI is InChI=1S/C15H20ClNO3S/c1-10(2)7-11(15(19)20)8-17-14(18)9-21-13-5-3-12(16)4-6-13/h3-6,10-11H,7-9H2,1-2H3,(H,17,18)(H,19,20). The number of amides is 1. The summed E-state index contributed by atoms with van der Waals surface area (Å²) in [5.74, 6) is -1.02. The van der Waals surface area contributed by atoms with Crippen molar-refractivity contribution in [3.8, 4) is 0 Å². The molecule has 1 aromatic carbocycles. The lowest BCUT2D eigenvalue weighted by atomic mass is 9.97. The zero-order valence-corrected chi connectivity index (χ0v) is 13.7. The minimum Gasteiger partial charge on any atom is -0.481 e. The lowest BCUT2D eigenvalue weighted by Crippen LogP contribution is -2.34. The van der Waals surface area contributed by atoms with Crippen molar-refractivity contribution in [1.82, 2.24) is 5.32 Å².